The number of nitrogens with one attached hydrogen (secondary N) is 2. The molecule has 6 heteroatoms. The SMILES string of the molecule is CNC(=O)C1CCC(NC(=O)c2ccc(Br)cn2)CC1. The van der Waals surface area contributed by atoms with Crippen molar-refractivity contribution in [2.75, 3.05) is 7.05 Å². The molecule has 2 amide bonds. The monoisotopic (exact) mass is 339 g/mol. The van der Waals surface area contributed by atoms with Gasteiger partial charge in [0.2, 0.25) is 5.91 Å². The Labute approximate surface area is 126 Å². The number of hydrogen-bond donors (Lipinski definition) is 2. The molecule has 1 aromatic heterocycles. The van der Waals surface area contributed by atoms with Gasteiger partial charge in [0, 0.05) is 29.7 Å². The molecule has 0 saturated heterocycles. The molecular formula is C14H18BrN3O2. The zero-order chi connectivity index (χ0) is 14.5. The highest BCUT2D eigenvalue weighted by molar-refractivity contribution is 9.10. The Balaban J connectivity index is 1.85. The molecule has 20 heavy (non-hydrogen) atoms. The van der Waals surface area contributed by atoms with Crippen molar-refractivity contribution >= 4 is 27.7 Å². The predicted molar refractivity (Wildman–Crippen MR) is 79.2 cm³/mol. The number of amides is 2. The molecule has 0 aromatic carbocycles. The van der Waals surface area contributed by atoms with Crippen molar-refractivity contribution in [1.82, 2.24) is 15.6 Å². The Hall–Kier alpha value is -1.43. The standard InChI is InChI=1S/C14H18BrN3O2/c1-16-13(19)9-2-5-11(6-3-9)18-14(20)12-7-4-10(15)8-17-12/h4,7-9,11H,2-3,5-6H2,1H3,(H,16,19)(H,18,20). The van der Waals surface area contributed by atoms with Crippen LogP contribution in [0, 0.1) is 5.92 Å². The zero-order valence-corrected chi connectivity index (χ0v) is 12.9. The van der Waals surface area contributed by atoms with Crippen molar-refractivity contribution in [3.63, 3.8) is 0 Å². The highest BCUT2D eigenvalue weighted by Crippen LogP contribution is 2.24. The Morgan fingerprint density at radius 2 is 1.95 bits per heavy atom. The number of nitrogens with zero attached hydrogens (tertiary/aromatic N) is 1. The van der Waals surface area contributed by atoms with Crippen LogP contribution in [0.25, 0.3) is 0 Å². The van der Waals surface area contributed by atoms with E-state index >= 15 is 0 Å². The van der Waals surface area contributed by atoms with E-state index in [9.17, 15) is 9.59 Å². The fourth-order valence-corrected chi connectivity index (χ4v) is 2.71. The maximum absolute atomic E-state index is 12.0. The molecule has 0 radical (unpaired) electrons. The van der Waals surface area contributed by atoms with E-state index in [-0.39, 0.29) is 23.8 Å². The van der Waals surface area contributed by atoms with E-state index in [2.05, 4.69) is 31.5 Å². The third-order valence-corrected chi connectivity index (χ3v) is 4.11. The second-order valence-electron chi connectivity index (χ2n) is 5.00. The summed E-state index contributed by atoms with van der Waals surface area (Å²) in [6.07, 6.45) is 4.91. The Bertz CT molecular complexity index is 482. The lowest BCUT2D eigenvalue weighted by atomic mass is 9.85. The Kier molecular flexibility index (Phi) is 5.11. The van der Waals surface area contributed by atoms with Gasteiger partial charge in [-0.25, -0.2) is 4.98 Å². The largest absolute Gasteiger partial charge is 0.359 e. The molecular weight excluding hydrogens is 322 g/mol. The van der Waals surface area contributed by atoms with E-state index in [4.69, 9.17) is 0 Å². The quantitative estimate of drug-likeness (QED) is 0.883. The minimum Gasteiger partial charge on any atom is -0.359 e. The van der Waals surface area contributed by atoms with Gasteiger partial charge >= 0.3 is 0 Å². The number of pyridine rings is 1. The van der Waals surface area contributed by atoms with Gasteiger partial charge in [-0.05, 0) is 53.7 Å². The average molecular weight is 340 g/mol. The van der Waals surface area contributed by atoms with Gasteiger partial charge in [-0.3, -0.25) is 9.59 Å². The molecule has 1 heterocycles. The molecule has 0 bridgehead atoms. The first-order chi connectivity index (χ1) is 9.60. The summed E-state index contributed by atoms with van der Waals surface area (Å²) >= 11 is 3.29. The summed E-state index contributed by atoms with van der Waals surface area (Å²) in [7, 11) is 1.66. The molecule has 2 N–H and O–H groups in total. The highest BCUT2D eigenvalue weighted by atomic mass is 79.9. The third-order valence-electron chi connectivity index (χ3n) is 3.64. The fraction of sp³-hybridized carbons (Fsp3) is 0.500. The number of hydrogen-bond acceptors (Lipinski definition) is 3. The normalized spacial score (nSPS) is 22.1. The zero-order valence-electron chi connectivity index (χ0n) is 11.4. The maximum atomic E-state index is 12.0. The number of carbonyl (C=O) groups is 2. The first-order valence-electron chi connectivity index (χ1n) is 6.74. The molecule has 1 saturated carbocycles. The van der Waals surface area contributed by atoms with Gasteiger partial charge in [0.1, 0.15) is 5.69 Å². The smallest absolute Gasteiger partial charge is 0.270 e. The van der Waals surface area contributed by atoms with Gasteiger partial charge < -0.3 is 10.6 Å². The molecule has 2 rings (SSSR count). The molecule has 0 aliphatic heterocycles. The van der Waals surface area contributed by atoms with Crippen LogP contribution in [0.1, 0.15) is 36.2 Å². The van der Waals surface area contributed by atoms with Crippen LogP contribution in [0.5, 0.6) is 0 Å². The van der Waals surface area contributed by atoms with Crippen molar-refractivity contribution < 1.29 is 9.59 Å². The maximum Gasteiger partial charge on any atom is 0.270 e. The minimum atomic E-state index is -0.152. The second-order valence-corrected chi connectivity index (χ2v) is 5.91. The third kappa shape index (κ3) is 3.79. The number of carbonyl (C=O) groups excluding carboxylic acids is 2. The molecule has 0 unspecified atom stereocenters. The first-order valence-corrected chi connectivity index (χ1v) is 7.53. The lowest BCUT2D eigenvalue weighted by molar-refractivity contribution is -0.125. The Morgan fingerprint density at radius 3 is 2.50 bits per heavy atom. The fourth-order valence-electron chi connectivity index (χ4n) is 2.47. The van der Waals surface area contributed by atoms with E-state index in [0.29, 0.717) is 5.69 Å². The predicted octanol–water partition coefficient (Wildman–Crippen LogP) is 1.88. The molecule has 0 spiro atoms. The van der Waals surface area contributed by atoms with Crippen LogP contribution in [0.4, 0.5) is 0 Å². The van der Waals surface area contributed by atoms with Gasteiger partial charge in [-0.1, -0.05) is 0 Å². The van der Waals surface area contributed by atoms with E-state index < -0.39 is 0 Å². The lowest BCUT2D eigenvalue weighted by Crippen LogP contribution is -2.40. The van der Waals surface area contributed by atoms with Crippen molar-refractivity contribution in [3.05, 3.63) is 28.5 Å². The second kappa shape index (κ2) is 6.83. The van der Waals surface area contributed by atoms with Gasteiger partial charge in [0.25, 0.3) is 5.91 Å². The summed E-state index contributed by atoms with van der Waals surface area (Å²) < 4.78 is 0.847. The van der Waals surface area contributed by atoms with E-state index in [1.165, 1.54) is 0 Å². The van der Waals surface area contributed by atoms with Gasteiger partial charge in [0.05, 0.1) is 0 Å². The van der Waals surface area contributed by atoms with Crippen LogP contribution in [0.15, 0.2) is 22.8 Å². The Morgan fingerprint density at radius 1 is 1.25 bits per heavy atom. The number of aromatic nitrogens is 1. The lowest BCUT2D eigenvalue weighted by Gasteiger charge is -2.27. The van der Waals surface area contributed by atoms with Crippen molar-refractivity contribution in [2.45, 2.75) is 31.7 Å². The van der Waals surface area contributed by atoms with Crippen LogP contribution >= 0.6 is 15.9 Å². The number of rotatable bonds is 3. The van der Waals surface area contributed by atoms with Crippen molar-refractivity contribution in [2.24, 2.45) is 5.92 Å². The van der Waals surface area contributed by atoms with E-state index in [1.54, 1.807) is 25.4 Å². The molecule has 5 nitrogen and oxygen atoms in total. The van der Waals surface area contributed by atoms with Crippen molar-refractivity contribution in [1.29, 1.82) is 0 Å². The van der Waals surface area contributed by atoms with Gasteiger partial charge in [-0.2, -0.15) is 0 Å². The summed E-state index contributed by atoms with van der Waals surface area (Å²) in [6.45, 7) is 0. The van der Waals surface area contributed by atoms with Crippen molar-refractivity contribution in [3.8, 4) is 0 Å². The summed E-state index contributed by atoms with van der Waals surface area (Å²) in [5, 5.41) is 5.66. The summed E-state index contributed by atoms with van der Waals surface area (Å²) in [5.41, 5.74) is 0.418. The van der Waals surface area contributed by atoms with Crippen LogP contribution in [-0.2, 0) is 4.79 Å². The van der Waals surface area contributed by atoms with Crippen LogP contribution in [0.3, 0.4) is 0 Å². The minimum absolute atomic E-state index is 0.0824. The first kappa shape index (κ1) is 15.0. The summed E-state index contributed by atoms with van der Waals surface area (Å²) in [5.74, 6) is 0.0317. The van der Waals surface area contributed by atoms with Crippen LogP contribution in [0.2, 0.25) is 0 Å². The average Bonchev–Trinajstić information content (AvgIpc) is 2.48. The van der Waals surface area contributed by atoms with Gasteiger partial charge in [-0.15, -0.1) is 0 Å². The van der Waals surface area contributed by atoms with Gasteiger partial charge in [0.15, 0.2) is 0 Å². The van der Waals surface area contributed by atoms with Crippen LogP contribution in [-0.4, -0.2) is 29.9 Å². The molecule has 1 aromatic rings. The number of halogens is 1. The van der Waals surface area contributed by atoms with E-state index in [1.807, 2.05) is 0 Å². The summed E-state index contributed by atoms with van der Waals surface area (Å²) in [6, 6.07) is 3.62. The topological polar surface area (TPSA) is 71.1 Å². The summed E-state index contributed by atoms with van der Waals surface area (Å²) in [4.78, 5) is 27.6. The molecule has 1 aliphatic rings. The molecule has 108 valence electrons. The molecule has 0 atom stereocenters. The molecule has 1 aliphatic carbocycles. The van der Waals surface area contributed by atoms with E-state index in [0.717, 1.165) is 30.2 Å². The highest BCUT2D eigenvalue weighted by Gasteiger charge is 2.26. The molecule has 1 fully saturated rings. The van der Waals surface area contributed by atoms with Crippen LogP contribution < -0.4 is 10.6 Å².